The first-order chi connectivity index (χ1) is 14.5. The van der Waals surface area contributed by atoms with Gasteiger partial charge in [-0.1, -0.05) is 30.3 Å². The van der Waals surface area contributed by atoms with E-state index in [9.17, 15) is 14.0 Å². The molecule has 0 spiro atoms. The zero-order valence-electron chi connectivity index (χ0n) is 15.9. The molecule has 1 aliphatic rings. The number of fused-ring (bicyclic) bond motifs is 1. The Morgan fingerprint density at radius 3 is 2.60 bits per heavy atom. The highest BCUT2D eigenvalue weighted by molar-refractivity contribution is 6.01. The minimum absolute atomic E-state index is 0.0159. The lowest BCUT2D eigenvalue weighted by Gasteiger charge is -2.34. The Morgan fingerprint density at radius 1 is 1.13 bits per heavy atom. The normalized spacial score (nSPS) is 15.7. The van der Waals surface area contributed by atoms with Crippen LogP contribution in [0.15, 0.2) is 66.9 Å². The standard InChI is InChI=1S/C22H19FN4O3/c23-14-8-9-18-16(11-14)17(12-30-18)27(22(29)15-7-4-10-26-20(15)24)19(21(25)28)13-5-2-1-3-6-13/h1-11,17,19H,12H2,(H2,24,26)(H2,25,28)/t17-,19-/m1/s1. The first-order valence-electron chi connectivity index (χ1n) is 9.27. The minimum Gasteiger partial charge on any atom is -0.491 e. The molecular weight excluding hydrogens is 387 g/mol. The zero-order chi connectivity index (χ0) is 21.3. The van der Waals surface area contributed by atoms with Crippen LogP contribution in [0.2, 0.25) is 0 Å². The maximum atomic E-state index is 14.0. The Kier molecular flexibility index (Phi) is 5.05. The van der Waals surface area contributed by atoms with E-state index in [4.69, 9.17) is 16.2 Å². The number of nitrogens with zero attached hydrogens (tertiary/aromatic N) is 2. The van der Waals surface area contributed by atoms with Crippen LogP contribution in [-0.4, -0.2) is 28.3 Å². The number of pyridine rings is 1. The number of carbonyl (C=O) groups is 2. The average Bonchev–Trinajstić information content (AvgIpc) is 3.14. The lowest BCUT2D eigenvalue weighted by atomic mass is 9.98. The first-order valence-corrected chi connectivity index (χ1v) is 9.27. The van der Waals surface area contributed by atoms with Crippen LogP contribution in [0.5, 0.6) is 5.75 Å². The number of aromatic nitrogens is 1. The molecule has 0 saturated carbocycles. The van der Waals surface area contributed by atoms with Crippen molar-refractivity contribution < 1.29 is 18.7 Å². The molecule has 8 heteroatoms. The summed E-state index contributed by atoms with van der Waals surface area (Å²) in [6, 6.07) is 13.9. The highest BCUT2D eigenvalue weighted by atomic mass is 19.1. The second-order valence-corrected chi connectivity index (χ2v) is 6.87. The Balaban J connectivity index is 1.88. The van der Waals surface area contributed by atoms with E-state index >= 15 is 0 Å². The topological polar surface area (TPSA) is 112 Å². The number of ether oxygens (including phenoxy) is 1. The molecule has 2 atom stereocenters. The number of benzene rings is 2. The molecule has 0 saturated heterocycles. The number of rotatable bonds is 5. The summed E-state index contributed by atoms with van der Waals surface area (Å²) in [5.74, 6) is -1.31. The van der Waals surface area contributed by atoms with E-state index in [0.29, 0.717) is 16.9 Å². The minimum atomic E-state index is -1.12. The highest BCUT2D eigenvalue weighted by Crippen LogP contribution is 2.41. The van der Waals surface area contributed by atoms with Gasteiger partial charge in [0, 0.05) is 11.8 Å². The number of nitrogens with two attached hydrogens (primary N) is 2. The van der Waals surface area contributed by atoms with E-state index in [0.717, 1.165) is 0 Å². The van der Waals surface area contributed by atoms with Gasteiger partial charge in [-0.15, -0.1) is 0 Å². The van der Waals surface area contributed by atoms with Gasteiger partial charge in [-0.05, 0) is 35.9 Å². The molecule has 1 aromatic heterocycles. The van der Waals surface area contributed by atoms with Gasteiger partial charge in [-0.3, -0.25) is 9.59 Å². The fraction of sp³-hybridized carbons (Fsp3) is 0.136. The molecule has 4 rings (SSSR count). The number of hydrogen-bond donors (Lipinski definition) is 2. The molecule has 4 N–H and O–H groups in total. The third kappa shape index (κ3) is 3.43. The number of nitrogen functional groups attached to an aromatic ring is 1. The molecule has 1 aliphatic heterocycles. The number of halogens is 1. The lowest BCUT2D eigenvalue weighted by molar-refractivity contribution is -0.123. The molecule has 2 heterocycles. The number of amides is 2. The number of anilines is 1. The molecular formula is C22H19FN4O3. The van der Waals surface area contributed by atoms with Gasteiger partial charge in [-0.25, -0.2) is 9.37 Å². The number of hydrogen-bond acceptors (Lipinski definition) is 5. The molecule has 2 aromatic carbocycles. The second-order valence-electron chi connectivity index (χ2n) is 6.87. The van der Waals surface area contributed by atoms with Gasteiger partial charge >= 0.3 is 0 Å². The third-order valence-corrected chi connectivity index (χ3v) is 5.03. The Labute approximate surface area is 172 Å². The molecule has 0 bridgehead atoms. The lowest BCUT2D eigenvalue weighted by Crippen LogP contribution is -2.44. The maximum absolute atomic E-state index is 14.0. The van der Waals surface area contributed by atoms with Crippen molar-refractivity contribution in [2.45, 2.75) is 12.1 Å². The van der Waals surface area contributed by atoms with Gasteiger partial charge < -0.3 is 21.1 Å². The van der Waals surface area contributed by atoms with Crippen molar-refractivity contribution in [3.63, 3.8) is 0 Å². The molecule has 0 aliphatic carbocycles. The van der Waals surface area contributed by atoms with Crippen LogP contribution in [0.1, 0.15) is 33.6 Å². The van der Waals surface area contributed by atoms with Crippen molar-refractivity contribution in [2.75, 3.05) is 12.3 Å². The summed E-state index contributed by atoms with van der Waals surface area (Å²) in [4.78, 5) is 31.4. The van der Waals surface area contributed by atoms with E-state index in [1.54, 1.807) is 36.4 Å². The molecule has 0 fully saturated rings. The Morgan fingerprint density at radius 2 is 1.90 bits per heavy atom. The quantitative estimate of drug-likeness (QED) is 0.677. The monoisotopic (exact) mass is 406 g/mol. The van der Waals surface area contributed by atoms with Gasteiger partial charge in [0.2, 0.25) is 5.91 Å². The average molecular weight is 406 g/mol. The SMILES string of the molecule is NC(=O)[C@@H](c1ccccc1)N(C(=O)c1cccnc1N)[C@@H]1COc2ccc(F)cc21. The summed E-state index contributed by atoms with van der Waals surface area (Å²) in [5.41, 5.74) is 12.8. The van der Waals surface area contributed by atoms with Gasteiger partial charge in [-0.2, -0.15) is 0 Å². The van der Waals surface area contributed by atoms with Crippen LogP contribution in [0, 0.1) is 5.82 Å². The van der Waals surface area contributed by atoms with E-state index in [1.807, 2.05) is 0 Å². The third-order valence-electron chi connectivity index (χ3n) is 5.03. The van der Waals surface area contributed by atoms with Crippen molar-refractivity contribution >= 4 is 17.6 Å². The van der Waals surface area contributed by atoms with E-state index < -0.39 is 29.7 Å². The second kappa shape index (κ2) is 7.82. The van der Waals surface area contributed by atoms with Crippen LogP contribution in [0.3, 0.4) is 0 Å². The molecule has 30 heavy (non-hydrogen) atoms. The highest BCUT2D eigenvalue weighted by Gasteiger charge is 2.41. The molecule has 7 nitrogen and oxygen atoms in total. The van der Waals surface area contributed by atoms with Crippen LogP contribution in [-0.2, 0) is 4.79 Å². The van der Waals surface area contributed by atoms with Gasteiger partial charge in [0.1, 0.15) is 30.0 Å². The predicted molar refractivity (Wildman–Crippen MR) is 108 cm³/mol. The number of primary amides is 1. The number of carbonyl (C=O) groups excluding carboxylic acids is 2. The van der Waals surface area contributed by atoms with Crippen LogP contribution in [0.25, 0.3) is 0 Å². The Bertz CT molecular complexity index is 1110. The summed E-state index contributed by atoms with van der Waals surface area (Å²) < 4.78 is 19.7. The van der Waals surface area contributed by atoms with Crippen molar-refractivity contribution in [1.29, 1.82) is 0 Å². The van der Waals surface area contributed by atoms with Crippen molar-refractivity contribution in [3.8, 4) is 5.75 Å². The molecule has 0 radical (unpaired) electrons. The predicted octanol–water partition coefficient (Wildman–Crippen LogP) is 2.61. The molecule has 0 unspecified atom stereocenters. The van der Waals surface area contributed by atoms with Gasteiger partial charge in [0.25, 0.3) is 5.91 Å². The summed E-state index contributed by atoms with van der Waals surface area (Å²) in [5, 5.41) is 0. The summed E-state index contributed by atoms with van der Waals surface area (Å²) >= 11 is 0. The fourth-order valence-electron chi connectivity index (χ4n) is 3.67. The largest absolute Gasteiger partial charge is 0.491 e. The summed E-state index contributed by atoms with van der Waals surface area (Å²) in [7, 11) is 0. The van der Waals surface area contributed by atoms with Crippen LogP contribution in [0.4, 0.5) is 10.2 Å². The molecule has 3 aromatic rings. The van der Waals surface area contributed by atoms with Gasteiger partial charge in [0.15, 0.2) is 0 Å². The Hall–Kier alpha value is -3.94. The van der Waals surface area contributed by atoms with Gasteiger partial charge in [0.05, 0.1) is 11.6 Å². The smallest absolute Gasteiger partial charge is 0.259 e. The van der Waals surface area contributed by atoms with E-state index in [2.05, 4.69) is 4.98 Å². The van der Waals surface area contributed by atoms with E-state index in [-0.39, 0.29) is 18.0 Å². The zero-order valence-corrected chi connectivity index (χ0v) is 15.9. The van der Waals surface area contributed by atoms with Crippen molar-refractivity contribution in [1.82, 2.24) is 9.88 Å². The molecule has 152 valence electrons. The summed E-state index contributed by atoms with van der Waals surface area (Å²) in [6.07, 6.45) is 1.46. The first kappa shape index (κ1) is 19.4. The van der Waals surface area contributed by atoms with Crippen molar-refractivity contribution in [3.05, 3.63) is 89.4 Å². The summed E-state index contributed by atoms with van der Waals surface area (Å²) in [6.45, 7) is 0.0430. The van der Waals surface area contributed by atoms with Crippen LogP contribution < -0.4 is 16.2 Å². The van der Waals surface area contributed by atoms with Crippen LogP contribution >= 0.6 is 0 Å². The van der Waals surface area contributed by atoms with E-state index in [1.165, 1.54) is 35.4 Å². The van der Waals surface area contributed by atoms with Crippen molar-refractivity contribution in [2.24, 2.45) is 5.73 Å². The molecule has 2 amide bonds. The fourth-order valence-corrected chi connectivity index (χ4v) is 3.67. The maximum Gasteiger partial charge on any atom is 0.259 e.